The highest BCUT2D eigenvalue weighted by atomic mass is 32.1. The van der Waals surface area contributed by atoms with Crippen LogP contribution < -0.4 is 5.32 Å². The van der Waals surface area contributed by atoms with Crippen LogP contribution in [0.5, 0.6) is 0 Å². The Labute approximate surface area is 123 Å². The van der Waals surface area contributed by atoms with Crippen LogP contribution >= 0.6 is 11.3 Å². The zero-order valence-electron chi connectivity index (χ0n) is 11.8. The highest BCUT2D eigenvalue weighted by Gasteiger charge is 2.46. The van der Waals surface area contributed by atoms with Gasteiger partial charge < -0.3 is 15.0 Å². The van der Waals surface area contributed by atoms with Gasteiger partial charge in [-0.05, 0) is 37.8 Å². The van der Waals surface area contributed by atoms with Crippen LogP contribution in [0.15, 0.2) is 10.9 Å². The van der Waals surface area contributed by atoms with Crippen molar-refractivity contribution in [2.24, 2.45) is 5.41 Å². The average molecular weight is 295 g/mol. The molecule has 2 saturated heterocycles. The van der Waals surface area contributed by atoms with E-state index in [4.69, 9.17) is 4.74 Å². The molecule has 0 aromatic carbocycles. The number of likely N-dealkylation sites (tertiary alicyclic amines) is 1. The Balaban J connectivity index is 1.79. The van der Waals surface area contributed by atoms with Crippen molar-refractivity contribution in [2.75, 3.05) is 33.4 Å². The van der Waals surface area contributed by atoms with E-state index < -0.39 is 0 Å². The first-order valence-corrected chi connectivity index (χ1v) is 8.07. The first kappa shape index (κ1) is 14.0. The SMILES string of the molecule is COC[C@@H]1CC2(CCNCC2)CN1C(=O)c1cscn1. The molecule has 1 amide bonds. The number of piperidine rings is 1. The van der Waals surface area contributed by atoms with Gasteiger partial charge in [-0.3, -0.25) is 4.79 Å². The molecule has 3 rings (SSSR count). The Morgan fingerprint density at radius 2 is 2.40 bits per heavy atom. The second-order valence-corrected chi connectivity index (χ2v) is 6.59. The molecule has 2 fully saturated rings. The molecule has 1 aromatic rings. The van der Waals surface area contributed by atoms with E-state index in [0.29, 0.717) is 12.3 Å². The van der Waals surface area contributed by atoms with Gasteiger partial charge in [-0.2, -0.15) is 0 Å². The van der Waals surface area contributed by atoms with Crippen molar-refractivity contribution in [2.45, 2.75) is 25.3 Å². The van der Waals surface area contributed by atoms with Crippen LogP contribution in [0, 0.1) is 5.41 Å². The van der Waals surface area contributed by atoms with Crippen molar-refractivity contribution >= 4 is 17.2 Å². The van der Waals surface area contributed by atoms with E-state index >= 15 is 0 Å². The minimum Gasteiger partial charge on any atom is -0.383 e. The maximum absolute atomic E-state index is 12.6. The minimum atomic E-state index is 0.0590. The van der Waals surface area contributed by atoms with Gasteiger partial charge in [0.1, 0.15) is 5.69 Å². The molecular formula is C14H21N3O2S. The molecule has 2 aliphatic heterocycles. The van der Waals surface area contributed by atoms with Gasteiger partial charge in [0.05, 0.1) is 18.2 Å². The van der Waals surface area contributed by atoms with Gasteiger partial charge in [0, 0.05) is 19.0 Å². The number of aromatic nitrogens is 1. The Kier molecular flexibility index (Phi) is 4.05. The van der Waals surface area contributed by atoms with Crippen molar-refractivity contribution in [3.8, 4) is 0 Å². The lowest BCUT2D eigenvalue weighted by atomic mass is 9.77. The smallest absolute Gasteiger partial charge is 0.273 e. The molecule has 0 saturated carbocycles. The van der Waals surface area contributed by atoms with Crippen LogP contribution in [0.4, 0.5) is 0 Å². The van der Waals surface area contributed by atoms with Gasteiger partial charge in [0.2, 0.25) is 0 Å². The number of amides is 1. The van der Waals surface area contributed by atoms with Crippen molar-refractivity contribution in [1.82, 2.24) is 15.2 Å². The summed E-state index contributed by atoms with van der Waals surface area (Å²) in [5, 5.41) is 5.24. The lowest BCUT2D eigenvalue weighted by Crippen LogP contribution is -2.41. The Morgan fingerprint density at radius 3 is 3.05 bits per heavy atom. The number of hydrogen-bond donors (Lipinski definition) is 1. The Bertz CT molecular complexity index is 457. The fourth-order valence-electron chi connectivity index (χ4n) is 3.53. The summed E-state index contributed by atoms with van der Waals surface area (Å²) in [5.41, 5.74) is 2.57. The molecule has 2 aliphatic rings. The summed E-state index contributed by atoms with van der Waals surface area (Å²) < 4.78 is 5.33. The molecule has 0 radical (unpaired) electrons. The molecule has 1 N–H and O–H groups in total. The molecule has 6 heteroatoms. The van der Waals surface area contributed by atoms with E-state index in [1.165, 1.54) is 11.3 Å². The number of methoxy groups -OCH3 is 1. The summed E-state index contributed by atoms with van der Waals surface area (Å²) in [6, 6.07) is 0.187. The van der Waals surface area contributed by atoms with E-state index in [9.17, 15) is 4.79 Å². The van der Waals surface area contributed by atoms with Gasteiger partial charge in [-0.15, -0.1) is 11.3 Å². The monoisotopic (exact) mass is 295 g/mol. The number of rotatable bonds is 3. The zero-order valence-corrected chi connectivity index (χ0v) is 12.6. The molecule has 3 heterocycles. The van der Waals surface area contributed by atoms with Crippen molar-refractivity contribution in [1.29, 1.82) is 0 Å². The zero-order chi connectivity index (χ0) is 14.0. The maximum atomic E-state index is 12.6. The van der Waals surface area contributed by atoms with E-state index in [1.54, 1.807) is 12.6 Å². The summed E-state index contributed by atoms with van der Waals surface area (Å²) in [6.07, 6.45) is 3.35. The fourth-order valence-corrected chi connectivity index (χ4v) is 4.05. The Morgan fingerprint density at radius 1 is 1.60 bits per heavy atom. The number of thiazole rings is 1. The quantitative estimate of drug-likeness (QED) is 0.915. The molecular weight excluding hydrogens is 274 g/mol. The highest BCUT2D eigenvalue weighted by molar-refractivity contribution is 7.07. The number of carbonyl (C=O) groups is 1. The summed E-state index contributed by atoms with van der Waals surface area (Å²) in [6.45, 7) is 3.57. The maximum Gasteiger partial charge on any atom is 0.273 e. The summed E-state index contributed by atoms with van der Waals surface area (Å²) in [5.74, 6) is 0.0590. The molecule has 5 nitrogen and oxygen atoms in total. The molecule has 1 atom stereocenters. The number of carbonyl (C=O) groups excluding carboxylic acids is 1. The minimum absolute atomic E-state index is 0.0590. The third-order valence-electron chi connectivity index (χ3n) is 4.55. The predicted molar refractivity (Wildman–Crippen MR) is 78.0 cm³/mol. The number of nitrogens with one attached hydrogen (secondary N) is 1. The highest BCUT2D eigenvalue weighted by Crippen LogP contribution is 2.42. The van der Waals surface area contributed by atoms with Gasteiger partial charge in [0.25, 0.3) is 5.91 Å². The van der Waals surface area contributed by atoms with Crippen LogP contribution in [0.25, 0.3) is 0 Å². The van der Waals surface area contributed by atoms with Gasteiger partial charge >= 0.3 is 0 Å². The molecule has 0 unspecified atom stereocenters. The first-order valence-electron chi connectivity index (χ1n) is 7.13. The van der Waals surface area contributed by atoms with Crippen molar-refractivity contribution < 1.29 is 9.53 Å². The number of hydrogen-bond acceptors (Lipinski definition) is 5. The average Bonchev–Trinajstić information content (AvgIpc) is 3.08. The summed E-state index contributed by atoms with van der Waals surface area (Å²) in [7, 11) is 1.71. The molecule has 110 valence electrons. The van der Waals surface area contributed by atoms with Crippen LogP contribution in [0.3, 0.4) is 0 Å². The third-order valence-corrected chi connectivity index (χ3v) is 5.14. The first-order chi connectivity index (χ1) is 9.74. The molecule has 0 bridgehead atoms. The number of ether oxygens (including phenoxy) is 1. The van der Waals surface area contributed by atoms with Gasteiger partial charge in [0.15, 0.2) is 0 Å². The van der Waals surface area contributed by atoms with Crippen molar-refractivity contribution in [3.05, 3.63) is 16.6 Å². The standard InChI is InChI=1S/C14H21N3O2S/c1-19-7-11-6-14(2-4-15-5-3-14)9-17(11)13(18)12-8-20-10-16-12/h8,10-11,15H,2-7,9H2,1H3/t11-/m0/s1. The molecule has 0 aliphatic carbocycles. The molecule has 1 spiro atoms. The lowest BCUT2D eigenvalue weighted by Gasteiger charge is -2.33. The van der Waals surface area contributed by atoms with E-state index in [1.807, 2.05) is 10.3 Å². The Hall–Kier alpha value is -0.980. The topological polar surface area (TPSA) is 54.5 Å². The second kappa shape index (κ2) is 5.79. The van der Waals surface area contributed by atoms with Crippen LogP contribution in [0.1, 0.15) is 29.8 Å². The van der Waals surface area contributed by atoms with Crippen LogP contribution in [-0.2, 0) is 4.74 Å². The summed E-state index contributed by atoms with van der Waals surface area (Å²) >= 11 is 1.47. The van der Waals surface area contributed by atoms with Crippen LogP contribution in [0.2, 0.25) is 0 Å². The van der Waals surface area contributed by atoms with E-state index in [2.05, 4.69) is 10.3 Å². The van der Waals surface area contributed by atoms with Crippen molar-refractivity contribution in [3.63, 3.8) is 0 Å². The molecule has 20 heavy (non-hydrogen) atoms. The predicted octanol–water partition coefficient (Wildman–Crippen LogP) is 1.37. The van der Waals surface area contributed by atoms with E-state index in [-0.39, 0.29) is 17.4 Å². The van der Waals surface area contributed by atoms with Crippen LogP contribution in [-0.4, -0.2) is 55.2 Å². The second-order valence-electron chi connectivity index (χ2n) is 5.87. The number of nitrogens with zero attached hydrogens (tertiary/aromatic N) is 2. The summed E-state index contributed by atoms with van der Waals surface area (Å²) in [4.78, 5) is 18.8. The molecule has 1 aromatic heterocycles. The fraction of sp³-hybridized carbons (Fsp3) is 0.714. The largest absolute Gasteiger partial charge is 0.383 e. The van der Waals surface area contributed by atoms with Gasteiger partial charge in [-0.1, -0.05) is 0 Å². The third kappa shape index (κ3) is 2.60. The van der Waals surface area contributed by atoms with Gasteiger partial charge in [-0.25, -0.2) is 4.98 Å². The van der Waals surface area contributed by atoms with E-state index in [0.717, 1.165) is 38.9 Å². The normalized spacial score (nSPS) is 25.2. The lowest BCUT2D eigenvalue weighted by molar-refractivity contribution is 0.0616.